The van der Waals surface area contributed by atoms with Crippen LogP contribution in [-0.4, -0.2) is 16.5 Å². The number of hydrogen-bond donors (Lipinski definition) is 0. The highest BCUT2D eigenvalue weighted by Crippen LogP contribution is 2.23. The first-order chi connectivity index (χ1) is 8.70. The fraction of sp³-hybridized carbons (Fsp3) is 0.286. The van der Waals surface area contributed by atoms with Crippen LogP contribution < -0.4 is 4.90 Å². The van der Waals surface area contributed by atoms with Gasteiger partial charge in [0.1, 0.15) is 5.82 Å². The van der Waals surface area contributed by atoms with Crippen molar-refractivity contribution in [3.8, 4) is 0 Å². The molecule has 0 N–H and O–H groups in total. The van der Waals surface area contributed by atoms with Gasteiger partial charge in [0.15, 0.2) is 0 Å². The van der Waals surface area contributed by atoms with Crippen molar-refractivity contribution in [2.75, 3.05) is 11.4 Å². The highest BCUT2D eigenvalue weighted by atomic mass is 79.9. The molecule has 18 heavy (non-hydrogen) atoms. The summed E-state index contributed by atoms with van der Waals surface area (Å²) in [6.07, 6.45) is 1.81. The van der Waals surface area contributed by atoms with Crippen LogP contribution in [-0.2, 0) is 6.54 Å². The third-order valence-electron chi connectivity index (χ3n) is 2.72. The molecule has 0 aliphatic heterocycles. The maximum absolute atomic E-state index is 4.53. The lowest BCUT2D eigenvalue weighted by molar-refractivity contribution is 0.788. The molecule has 0 aromatic carbocycles. The Hall–Kier alpha value is -1.42. The Bertz CT molecular complexity index is 528. The fourth-order valence-electron chi connectivity index (χ4n) is 1.83. The average Bonchev–Trinajstić information content (AvgIpc) is 2.37. The summed E-state index contributed by atoms with van der Waals surface area (Å²) in [5, 5.41) is 0. The van der Waals surface area contributed by atoms with Gasteiger partial charge < -0.3 is 4.90 Å². The van der Waals surface area contributed by atoms with Crippen molar-refractivity contribution in [2.45, 2.75) is 20.4 Å². The minimum Gasteiger partial charge on any atom is -0.350 e. The van der Waals surface area contributed by atoms with Crippen LogP contribution in [0, 0.1) is 6.92 Å². The number of anilines is 1. The predicted molar refractivity (Wildman–Crippen MR) is 77.6 cm³/mol. The van der Waals surface area contributed by atoms with Gasteiger partial charge in [-0.1, -0.05) is 6.07 Å². The van der Waals surface area contributed by atoms with Crippen LogP contribution in [0.5, 0.6) is 0 Å². The number of pyridine rings is 2. The summed E-state index contributed by atoms with van der Waals surface area (Å²) in [6.45, 7) is 5.80. The van der Waals surface area contributed by atoms with Gasteiger partial charge in [0.25, 0.3) is 0 Å². The van der Waals surface area contributed by atoms with Crippen molar-refractivity contribution in [2.24, 2.45) is 0 Å². The predicted octanol–water partition coefficient (Wildman–Crippen LogP) is 3.57. The first-order valence-electron chi connectivity index (χ1n) is 5.98. The van der Waals surface area contributed by atoms with E-state index in [4.69, 9.17) is 0 Å². The topological polar surface area (TPSA) is 29.0 Å². The molecule has 0 spiro atoms. The quantitative estimate of drug-likeness (QED) is 0.864. The number of aryl methyl sites for hydroxylation is 1. The van der Waals surface area contributed by atoms with Gasteiger partial charge in [-0.2, -0.15) is 0 Å². The Labute approximate surface area is 116 Å². The second-order valence-corrected chi connectivity index (χ2v) is 4.95. The SMILES string of the molecule is CCN(Cc1cccc(C)n1)c1ncccc1Br. The lowest BCUT2D eigenvalue weighted by atomic mass is 10.3. The molecule has 0 fully saturated rings. The van der Waals surface area contributed by atoms with Crippen molar-refractivity contribution in [1.29, 1.82) is 0 Å². The monoisotopic (exact) mass is 305 g/mol. The first-order valence-corrected chi connectivity index (χ1v) is 6.78. The summed E-state index contributed by atoms with van der Waals surface area (Å²) < 4.78 is 1.01. The van der Waals surface area contributed by atoms with Gasteiger partial charge in [-0.05, 0) is 54.0 Å². The number of hydrogen-bond acceptors (Lipinski definition) is 3. The molecule has 0 aliphatic rings. The zero-order valence-electron chi connectivity index (χ0n) is 10.6. The van der Waals surface area contributed by atoms with Crippen LogP contribution in [0.4, 0.5) is 5.82 Å². The van der Waals surface area contributed by atoms with E-state index in [1.165, 1.54) is 0 Å². The van der Waals surface area contributed by atoms with E-state index in [1.807, 2.05) is 43.5 Å². The van der Waals surface area contributed by atoms with Gasteiger partial charge in [0, 0.05) is 18.4 Å². The van der Waals surface area contributed by atoms with Crippen molar-refractivity contribution in [3.63, 3.8) is 0 Å². The lowest BCUT2D eigenvalue weighted by Gasteiger charge is -2.22. The molecule has 4 heteroatoms. The summed E-state index contributed by atoms with van der Waals surface area (Å²) >= 11 is 3.54. The van der Waals surface area contributed by atoms with Crippen LogP contribution >= 0.6 is 15.9 Å². The lowest BCUT2D eigenvalue weighted by Crippen LogP contribution is -2.24. The van der Waals surface area contributed by atoms with Gasteiger partial charge in [-0.15, -0.1) is 0 Å². The molecule has 0 atom stereocenters. The Kier molecular flexibility index (Phi) is 4.31. The minimum atomic E-state index is 0.772. The van der Waals surface area contributed by atoms with Crippen molar-refractivity contribution in [3.05, 3.63) is 52.4 Å². The van der Waals surface area contributed by atoms with Gasteiger partial charge >= 0.3 is 0 Å². The average molecular weight is 306 g/mol. The van der Waals surface area contributed by atoms with Crippen LogP contribution in [0.25, 0.3) is 0 Å². The van der Waals surface area contributed by atoms with Gasteiger partial charge in [-0.3, -0.25) is 4.98 Å². The Morgan fingerprint density at radius 2 is 2.06 bits per heavy atom. The van der Waals surface area contributed by atoms with Gasteiger partial charge in [0.2, 0.25) is 0 Å². The molecule has 2 rings (SSSR count). The fourth-order valence-corrected chi connectivity index (χ4v) is 2.34. The van der Waals surface area contributed by atoms with Gasteiger partial charge in [0.05, 0.1) is 16.7 Å². The summed E-state index contributed by atoms with van der Waals surface area (Å²) in [5.74, 6) is 0.961. The molecule has 0 aliphatic carbocycles. The van der Waals surface area contributed by atoms with Crippen LogP contribution in [0.1, 0.15) is 18.3 Å². The first kappa shape index (κ1) is 13.0. The van der Waals surface area contributed by atoms with Crippen molar-refractivity contribution >= 4 is 21.7 Å². The molecule has 94 valence electrons. The maximum atomic E-state index is 4.53. The number of rotatable bonds is 4. The molecule has 0 amide bonds. The van der Waals surface area contributed by atoms with Crippen molar-refractivity contribution < 1.29 is 0 Å². The molecule has 0 unspecified atom stereocenters. The molecular weight excluding hydrogens is 290 g/mol. The third-order valence-corrected chi connectivity index (χ3v) is 3.34. The molecule has 2 aromatic rings. The zero-order valence-corrected chi connectivity index (χ0v) is 12.2. The van der Waals surface area contributed by atoms with E-state index in [0.29, 0.717) is 0 Å². The Morgan fingerprint density at radius 1 is 1.22 bits per heavy atom. The standard InChI is InChI=1S/C14H16BrN3/c1-3-18(14-13(15)8-5-9-16-14)10-12-7-4-6-11(2)17-12/h4-9H,3,10H2,1-2H3. The summed E-state index contributed by atoms with van der Waals surface area (Å²) in [6, 6.07) is 10.0. The smallest absolute Gasteiger partial charge is 0.143 e. The highest BCUT2D eigenvalue weighted by Gasteiger charge is 2.10. The number of halogens is 1. The largest absolute Gasteiger partial charge is 0.350 e. The second kappa shape index (κ2) is 5.96. The number of nitrogens with zero attached hydrogens (tertiary/aromatic N) is 3. The van der Waals surface area contributed by atoms with Gasteiger partial charge in [-0.25, -0.2) is 4.98 Å². The van der Waals surface area contributed by atoms with Crippen LogP contribution in [0.2, 0.25) is 0 Å². The van der Waals surface area contributed by atoms with Crippen molar-refractivity contribution in [1.82, 2.24) is 9.97 Å². The molecule has 2 heterocycles. The summed E-state index contributed by atoms with van der Waals surface area (Å²) in [4.78, 5) is 11.2. The van der Waals surface area contributed by atoms with E-state index >= 15 is 0 Å². The molecule has 0 radical (unpaired) electrons. The second-order valence-electron chi connectivity index (χ2n) is 4.09. The highest BCUT2D eigenvalue weighted by molar-refractivity contribution is 9.10. The van der Waals surface area contributed by atoms with Crippen LogP contribution in [0.15, 0.2) is 41.0 Å². The van der Waals surface area contributed by atoms with E-state index < -0.39 is 0 Å². The summed E-state index contributed by atoms with van der Waals surface area (Å²) in [5.41, 5.74) is 2.11. The molecule has 3 nitrogen and oxygen atoms in total. The third kappa shape index (κ3) is 3.07. The Morgan fingerprint density at radius 3 is 2.72 bits per heavy atom. The molecule has 2 aromatic heterocycles. The Balaban J connectivity index is 2.23. The molecular formula is C14H16BrN3. The molecule has 0 saturated heterocycles. The minimum absolute atomic E-state index is 0.772. The van der Waals surface area contributed by atoms with E-state index in [0.717, 1.165) is 34.8 Å². The zero-order chi connectivity index (χ0) is 13.0. The number of aromatic nitrogens is 2. The van der Waals surface area contributed by atoms with E-state index in [2.05, 4.69) is 37.7 Å². The van der Waals surface area contributed by atoms with E-state index in [9.17, 15) is 0 Å². The molecule has 0 bridgehead atoms. The normalized spacial score (nSPS) is 10.4. The molecule has 0 saturated carbocycles. The van der Waals surface area contributed by atoms with E-state index in [1.54, 1.807) is 0 Å². The van der Waals surface area contributed by atoms with Crippen LogP contribution in [0.3, 0.4) is 0 Å². The summed E-state index contributed by atoms with van der Waals surface area (Å²) in [7, 11) is 0. The maximum Gasteiger partial charge on any atom is 0.143 e. The van der Waals surface area contributed by atoms with E-state index in [-0.39, 0.29) is 0 Å².